The molecular weight excluding hydrogens is 564 g/mol. The zero-order valence-corrected chi connectivity index (χ0v) is 27.1. The molecule has 2 heterocycles. The van der Waals surface area contributed by atoms with Crippen LogP contribution in [0, 0.1) is 0 Å². The quantitative estimate of drug-likeness (QED) is 0.135. The SMILES string of the molecule is CCCCCCCCCN(C)C(=O)OC(C)n1c(=O)oc2c(N3CCN(Cc4cccc(-c5ccccc5)c4)CC3)cccc21. The molecule has 1 saturated heterocycles. The molecule has 8 nitrogen and oxygen atoms in total. The highest BCUT2D eigenvalue weighted by molar-refractivity contribution is 5.87. The Hall–Kier alpha value is -4.04. The van der Waals surface area contributed by atoms with Gasteiger partial charge in [0.1, 0.15) is 0 Å². The number of fused-ring (bicyclic) bond motifs is 1. The molecule has 4 aromatic rings. The summed E-state index contributed by atoms with van der Waals surface area (Å²) in [7, 11) is 1.75. The zero-order chi connectivity index (χ0) is 31.6. The van der Waals surface area contributed by atoms with Gasteiger partial charge in [-0.25, -0.2) is 14.2 Å². The van der Waals surface area contributed by atoms with Crippen LogP contribution in [0.2, 0.25) is 0 Å². The van der Waals surface area contributed by atoms with Crippen molar-refractivity contribution in [3.8, 4) is 11.1 Å². The van der Waals surface area contributed by atoms with E-state index in [0.717, 1.165) is 51.3 Å². The summed E-state index contributed by atoms with van der Waals surface area (Å²) >= 11 is 0. The largest absolute Gasteiger partial charge is 0.425 e. The molecule has 1 aromatic heterocycles. The number of para-hydroxylation sites is 1. The highest BCUT2D eigenvalue weighted by Crippen LogP contribution is 2.29. The number of hydrogen-bond acceptors (Lipinski definition) is 6. The number of anilines is 1. The topological polar surface area (TPSA) is 71.2 Å². The molecule has 0 radical (unpaired) electrons. The van der Waals surface area contributed by atoms with Crippen molar-refractivity contribution >= 4 is 22.9 Å². The number of unbranched alkanes of at least 4 members (excludes halogenated alkanes) is 6. The summed E-state index contributed by atoms with van der Waals surface area (Å²) < 4.78 is 12.9. The lowest BCUT2D eigenvalue weighted by Gasteiger charge is -2.36. The maximum Gasteiger partial charge on any atom is 0.423 e. The van der Waals surface area contributed by atoms with Crippen molar-refractivity contribution in [1.29, 1.82) is 0 Å². The fourth-order valence-corrected chi connectivity index (χ4v) is 6.21. The van der Waals surface area contributed by atoms with Crippen molar-refractivity contribution in [2.45, 2.75) is 71.6 Å². The summed E-state index contributed by atoms with van der Waals surface area (Å²) in [6, 6.07) is 25.0. The lowest BCUT2D eigenvalue weighted by Crippen LogP contribution is -2.46. The Morgan fingerprint density at radius 2 is 1.56 bits per heavy atom. The van der Waals surface area contributed by atoms with E-state index in [1.807, 2.05) is 24.3 Å². The second kappa shape index (κ2) is 15.8. The average Bonchev–Trinajstić information content (AvgIpc) is 3.41. The van der Waals surface area contributed by atoms with Crippen LogP contribution in [0.15, 0.2) is 82.0 Å². The van der Waals surface area contributed by atoms with Gasteiger partial charge < -0.3 is 19.0 Å². The smallest absolute Gasteiger partial charge is 0.423 e. The van der Waals surface area contributed by atoms with Crippen LogP contribution in [0.5, 0.6) is 0 Å². The number of hydrogen-bond donors (Lipinski definition) is 0. The van der Waals surface area contributed by atoms with Gasteiger partial charge in [-0.1, -0.05) is 100 Å². The van der Waals surface area contributed by atoms with Gasteiger partial charge in [-0.3, -0.25) is 4.90 Å². The summed E-state index contributed by atoms with van der Waals surface area (Å²) in [6.07, 6.45) is 7.06. The van der Waals surface area contributed by atoms with E-state index in [1.54, 1.807) is 18.9 Å². The molecule has 1 unspecified atom stereocenters. The summed E-state index contributed by atoms with van der Waals surface area (Å²) in [5.41, 5.74) is 5.82. The van der Waals surface area contributed by atoms with E-state index in [-0.39, 0.29) is 0 Å². The molecule has 1 atom stereocenters. The minimum atomic E-state index is -0.790. The van der Waals surface area contributed by atoms with Gasteiger partial charge >= 0.3 is 11.8 Å². The van der Waals surface area contributed by atoms with E-state index in [4.69, 9.17) is 9.15 Å². The number of amides is 1. The lowest BCUT2D eigenvalue weighted by molar-refractivity contribution is 0.0420. The van der Waals surface area contributed by atoms with E-state index in [1.165, 1.54) is 53.4 Å². The first-order valence-corrected chi connectivity index (χ1v) is 16.6. The van der Waals surface area contributed by atoms with Crippen LogP contribution < -0.4 is 10.7 Å². The molecule has 5 rings (SSSR count). The van der Waals surface area contributed by atoms with Crippen LogP contribution in [0.4, 0.5) is 10.5 Å². The number of carbonyl (C=O) groups is 1. The van der Waals surface area contributed by atoms with Gasteiger partial charge in [0.2, 0.25) is 0 Å². The number of rotatable bonds is 14. The summed E-state index contributed by atoms with van der Waals surface area (Å²) in [5.74, 6) is -0.524. The van der Waals surface area contributed by atoms with E-state index in [2.05, 4.69) is 65.3 Å². The average molecular weight is 613 g/mol. The number of ether oxygens (including phenoxy) is 1. The first-order chi connectivity index (χ1) is 21.9. The Balaban J connectivity index is 1.17. The molecule has 0 saturated carbocycles. The summed E-state index contributed by atoms with van der Waals surface area (Å²) in [6.45, 7) is 8.90. The molecule has 0 aliphatic carbocycles. The molecule has 0 bridgehead atoms. The van der Waals surface area contributed by atoms with Gasteiger partial charge in [0, 0.05) is 46.3 Å². The maximum atomic E-state index is 13.0. The number of aromatic nitrogens is 1. The van der Waals surface area contributed by atoms with Crippen molar-refractivity contribution in [3.05, 3.63) is 88.9 Å². The summed E-state index contributed by atoms with van der Waals surface area (Å²) in [5, 5.41) is 0. The first-order valence-electron chi connectivity index (χ1n) is 16.6. The van der Waals surface area contributed by atoms with Crippen LogP contribution in [0.25, 0.3) is 22.2 Å². The van der Waals surface area contributed by atoms with Crippen LogP contribution in [-0.4, -0.2) is 60.2 Å². The predicted octanol–water partition coefficient (Wildman–Crippen LogP) is 7.92. The fourth-order valence-electron chi connectivity index (χ4n) is 6.21. The number of benzene rings is 3. The third kappa shape index (κ3) is 8.37. The molecular formula is C37H48N4O4. The molecule has 1 fully saturated rings. The molecule has 8 heteroatoms. The Morgan fingerprint density at radius 1 is 0.867 bits per heavy atom. The normalized spacial score (nSPS) is 14.5. The Morgan fingerprint density at radius 3 is 2.31 bits per heavy atom. The van der Waals surface area contributed by atoms with Crippen molar-refractivity contribution in [2.75, 3.05) is 44.7 Å². The van der Waals surface area contributed by atoms with E-state index >= 15 is 0 Å². The van der Waals surface area contributed by atoms with E-state index < -0.39 is 18.1 Å². The van der Waals surface area contributed by atoms with Crippen molar-refractivity contribution in [1.82, 2.24) is 14.4 Å². The first kappa shape index (κ1) is 32.4. The molecule has 0 N–H and O–H groups in total. The standard InChI is InChI=1S/C37H48N4O4/c1-4-5-6-7-8-9-13-22-38(3)36(42)44-29(2)41-34-21-15-20-33(35(34)45-37(41)43)40-25-23-39(24-26-40)28-30-16-14-19-32(27-30)31-17-11-10-12-18-31/h10-12,14-21,27,29H,4-9,13,22-26,28H2,1-3H3. The zero-order valence-electron chi connectivity index (χ0n) is 27.1. The Bertz CT molecular complexity index is 1570. The monoisotopic (exact) mass is 612 g/mol. The predicted molar refractivity (Wildman–Crippen MR) is 182 cm³/mol. The minimum absolute atomic E-state index is 0.434. The molecule has 1 aliphatic heterocycles. The second-order valence-electron chi connectivity index (χ2n) is 12.2. The molecule has 1 amide bonds. The van der Waals surface area contributed by atoms with Crippen molar-refractivity contribution in [3.63, 3.8) is 0 Å². The van der Waals surface area contributed by atoms with Crippen LogP contribution in [0.1, 0.15) is 70.6 Å². The van der Waals surface area contributed by atoms with Gasteiger partial charge in [-0.2, -0.15) is 0 Å². The lowest BCUT2D eigenvalue weighted by atomic mass is 10.0. The van der Waals surface area contributed by atoms with E-state index in [9.17, 15) is 9.59 Å². The number of carbonyl (C=O) groups excluding carboxylic acids is 1. The molecule has 240 valence electrons. The van der Waals surface area contributed by atoms with Gasteiger partial charge in [0.15, 0.2) is 11.8 Å². The molecule has 45 heavy (non-hydrogen) atoms. The third-order valence-corrected chi connectivity index (χ3v) is 8.82. The maximum absolute atomic E-state index is 13.0. The fraction of sp³-hybridized carbons (Fsp3) is 0.459. The number of piperazine rings is 1. The minimum Gasteiger partial charge on any atom is -0.425 e. The summed E-state index contributed by atoms with van der Waals surface area (Å²) in [4.78, 5) is 32.2. The van der Waals surface area contributed by atoms with Gasteiger partial charge in [-0.15, -0.1) is 0 Å². The Labute approximate surface area is 267 Å². The third-order valence-electron chi connectivity index (χ3n) is 8.82. The van der Waals surface area contributed by atoms with Crippen molar-refractivity contribution < 1.29 is 13.9 Å². The second-order valence-corrected chi connectivity index (χ2v) is 12.2. The van der Waals surface area contributed by atoms with Crippen molar-refractivity contribution in [2.24, 2.45) is 0 Å². The van der Waals surface area contributed by atoms with Gasteiger partial charge in [-0.05, 0) is 48.2 Å². The van der Waals surface area contributed by atoms with Gasteiger partial charge in [0.25, 0.3) is 0 Å². The highest BCUT2D eigenvalue weighted by atomic mass is 16.6. The highest BCUT2D eigenvalue weighted by Gasteiger charge is 2.25. The molecule has 1 aliphatic rings. The Kier molecular flexibility index (Phi) is 11.4. The van der Waals surface area contributed by atoms with Gasteiger partial charge in [0.05, 0.1) is 11.2 Å². The molecule has 3 aromatic carbocycles. The van der Waals surface area contributed by atoms with E-state index in [0.29, 0.717) is 17.6 Å². The van der Waals surface area contributed by atoms with Crippen LogP contribution >= 0.6 is 0 Å². The molecule has 0 spiro atoms. The number of nitrogens with zero attached hydrogens (tertiary/aromatic N) is 4. The van der Waals surface area contributed by atoms with Crippen LogP contribution in [-0.2, 0) is 11.3 Å². The van der Waals surface area contributed by atoms with Crippen LogP contribution in [0.3, 0.4) is 0 Å². The number of oxazole rings is 1.